The number of ether oxygens (including phenoxy) is 1. The van der Waals surface area contributed by atoms with Crippen molar-refractivity contribution < 1.29 is 24.0 Å². The Hall–Kier alpha value is -3.01. The van der Waals surface area contributed by atoms with E-state index in [1.54, 1.807) is 11.1 Å². The quantitative estimate of drug-likeness (QED) is 0.733. The van der Waals surface area contributed by atoms with Crippen molar-refractivity contribution >= 4 is 17.8 Å². The molecule has 2 fully saturated rings. The van der Waals surface area contributed by atoms with E-state index in [4.69, 9.17) is 19.4 Å². The molecule has 10 heteroatoms. The van der Waals surface area contributed by atoms with Crippen LogP contribution in [0.25, 0.3) is 11.3 Å². The van der Waals surface area contributed by atoms with Gasteiger partial charge < -0.3 is 24.2 Å². The summed E-state index contributed by atoms with van der Waals surface area (Å²) in [4.78, 5) is 36.4. The number of carbonyl (C=O) groups excluding carboxylic acids is 1. The van der Waals surface area contributed by atoms with Crippen molar-refractivity contribution in [2.45, 2.75) is 38.5 Å². The van der Waals surface area contributed by atoms with E-state index in [0.29, 0.717) is 38.0 Å². The Morgan fingerprint density at radius 2 is 1.90 bits per heavy atom. The molecule has 0 bridgehead atoms. The Morgan fingerprint density at radius 3 is 2.55 bits per heavy atom. The molecule has 0 radical (unpaired) electrons. The number of aryl methyl sites for hydroxylation is 1. The molecular formula is C21H27N5O5. The molecule has 2 saturated heterocycles. The number of rotatable bonds is 6. The lowest BCUT2D eigenvalue weighted by molar-refractivity contribution is -0.141. The van der Waals surface area contributed by atoms with Gasteiger partial charge in [0.1, 0.15) is 0 Å². The summed E-state index contributed by atoms with van der Waals surface area (Å²) in [6.45, 7) is 5.82. The van der Waals surface area contributed by atoms with E-state index in [2.05, 4.69) is 15.0 Å². The first kappa shape index (κ1) is 21.2. The Balaban J connectivity index is 1.54. The molecule has 2 aromatic rings. The van der Waals surface area contributed by atoms with Gasteiger partial charge in [0.2, 0.25) is 11.9 Å². The number of hydrogen-bond acceptors (Lipinski definition) is 8. The third-order valence-corrected chi connectivity index (χ3v) is 5.78. The van der Waals surface area contributed by atoms with Gasteiger partial charge in [-0.1, -0.05) is 5.16 Å². The van der Waals surface area contributed by atoms with E-state index < -0.39 is 5.97 Å². The van der Waals surface area contributed by atoms with Crippen LogP contribution in [0.1, 0.15) is 43.0 Å². The first-order valence-electron chi connectivity index (χ1n) is 10.6. The molecule has 31 heavy (non-hydrogen) atoms. The molecule has 0 aromatic carbocycles. The maximum Gasteiger partial charge on any atom is 0.303 e. The lowest BCUT2D eigenvalue weighted by Crippen LogP contribution is -2.39. The summed E-state index contributed by atoms with van der Waals surface area (Å²) in [5.41, 5.74) is 2.52. The Labute approximate surface area is 180 Å². The summed E-state index contributed by atoms with van der Waals surface area (Å²) in [6.07, 6.45) is 3.20. The van der Waals surface area contributed by atoms with Gasteiger partial charge in [-0.25, -0.2) is 9.97 Å². The van der Waals surface area contributed by atoms with Crippen LogP contribution in [-0.4, -0.2) is 76.4 Å². The highest BCUT2D eigenvalue weighted by Gasteiger charge is 2.29. The fourth-order valence-corrected chi connectivity index (χ4v) is 4.07. The van der Waals surface area contributed by atoms with Crippen molar-refractivity contribution in [1.29, 1.82) is 0 Å². The van der Waals surface area contributed by atoms with E-state index in [-0.39, 0.29) is 24.7 Å². The molecule has 10 nitrogen and oxygen atoms in total. The van der Waals surface area contributed by atoms with E-state index in [1.165, 1.54) is 0 Å². The van der Waals surface area contributed by atoms with Gasteiger partial charge in [-0.3, -0.25) is 9.59 Å². The number of likely N-dealkylation sites (tertiary alicyclic amines) is 1. The van der Waals surface area contributed by atoms with Crippen LogP contribution in [0.2, 0.25) is 0 Å². The van der Waals surface area contributed by atoms with Crippen molar-refractivity contribution in [1.82, 2.24) is 20.0 Å². The van der Waals surface area contributed by atoms with Crippen LogP contribution in [-0.2, 0) is 14.3 Å². The van der Waals surface area contributed by atoms with Crippen molar-refractivity contribution in [3.8, 4) is 11.3 Å². The number of carboxylic acids is 1. The SMILES string of the molecule is Cc1cc(-c2cnc(N3CCOCC3)nc2C2CCN(C(=O)CCC(=O)O)CC2)on1. The molecule has 4 rings (SSSR count). The number of carboxylic acid groups (broad SMARTS) is 1. The topological polar surface area (TPSA) is 122 Å². The number of aromatic nitrogens is 3. The van der Waals surface area contributed by atoms with Crippen LogP contribution < -0.4 is 4.90 Å². The molecule has 2 aliphatic heterocycles. The van der Waals surface area contributed by atoms with Crippen LogP contribution in [0.15, 0.2) is 16.8 Å². The third kappa shape index (κ3) is 5.01. The number of carbonyl (C=O) groups is 2. The lowest BCUT2D eigenvalue weighted by atomic mass is 9.90. The minimum absolute atomic E-state index is 0.0390. The molecule has 0 unspecified atom stereocenters. The monoisotopic (exact) mass is 429 g/mol. The molecule has 1 N–H and O–H groups in total. The number of piperidine rings is 1. The van der Waals surface area contributed by atoms with Gasteiger partial charge in [0.15, 0.2) is 5.76 Å². The zero-order chi connectivity index (χ0) is 21.8. The number of hydrogen-bond donors (Lipinski definition) is 1. The zero-order valence-corrected chi connectivity index (χ0v) is 17.6. The highest BCUT2D eigenvalue weighted by Crippen LogP contribution is 2.35. The second-order valence-corrected chi connectivity index (χ2v) is 7.95. The molecule has 2 aliphatic rings. The summed E-state index contributed by atoms with van der Waals surface area (Å²) < 4.78 is 10.9. The van der Waals surface area contributed by atoms with E-state index in [0.717, 1.165) is 42.9 Å². The maximum absolute atomic E-state index is 12.3. The highest BCUT2D eigenvalue weighted by atomic mass is 16.5. The van der Waals surface area contributed by atoms with Gasteiger partial charge >= 0.3 is 5.97 Å². The first-order valence-corrected chi connectivity index (χ1v) is 10.6. The predicted octanol–water partition coefficient (Wildman–Crippen LogP) is 1.85. The minimum atomic E-state index is -0.952. The van der Waals surface area contributed by atoms with Crippen LogP contribution in [0.4, 0.5) is 5.95 Å². The average molecular weight is 429 g/mol. The zero-order valence-electron chi connectivity index (χ0n) is 17.6. The number of morpholine rings is 1. The Bertz CT molecular complexity index is 932. The third-order valence-electron chi connectivity index (χ3n) is 5.78. The van der Waals surface area contributed by atoms with Crippen LogP contribution in [0, 0.1) is 6.92 Å². The standard InChI is InChI=1S/C21H27N5O5/c1-14-12-17(31-24-14)16-13-22-21(26-8-10-30-11-9-26)23-20(16)15-4-6-25(7-5-15)18(27)2-3-19(28)29/h12-13,15H,2-11H2,1H3,(H,28,29). The molecular weight excluding hydrogens is 402 g/mol. The first-order chi connectivity index (χ1) is 15.0. The van der Waals surface area contributed by atoms with Crippen molar-refractivity contribution in [2.75, 3.05) is 44.3 Å². The van der Waals surface area contributed by atoms with Gasteiger partial charge in [-0.05, 0) is 19.8 Å². The number of anilines is 1. The molecule has 1 amide bonds. The molecule has 0 aliphatic carbocycles. The van der Waals surface area contributed by atoms with E-state index >= 15 is 0 Å². The van der Waals surface area contributed by atoms with Crippen molar-refractivity contribution in [2.24, 2.45) is 0 Å². The average Bonchev–Trinajstić information content (AvgIpc) is 3.24. The van der Waals surface area contributed by atoms with Crippen LogP contribution >= 0.6 is 0 Å². The van der Waals surface area contributed by atoms with Crippen LogP contribution in [0.3, 0.4) is 0 Å². The van der Waals surface area contributed by atoms with Gasteiger partial charge in [-0.15, -0.1) is 0 Å². The molecule has 2 aromatic heterocycles. The lowest BCUT2D eigenvalue weighted by Gasteiger charge is -2.33. The number of nitrogens with zero attached hydrogens (tertiary/aromatic N) is 5. The van der Waals surface area contributed by atoms with Crippen molar-refractivity contribution in [3.63, 3.8) is 0 Å². The van der Waals surface area contributed by atoms with Gasteiger partial charge in [0, 0.05) is 50.8 Å². The highest BCUT2D eigenvalue weighted by molar-refractivity contribution is 5.80. The second-order valence-electron chi connectivity index (χ2n) is 7.95. The normalized spacial score (nSPS) is 17.7. The van der Waals surface area contributed by atoms with E-state index in [9.17, 15) is 9.59 Å². The number of amides is 1. The van der Waals surface area contributed by atoms with Gasteiger partial charge in [0.25, 0.3) is 0 Å². The summed E-state index contributed by atoms with van der Waals surface area (Å²) >= 11 is 0. The molecule has 0 spiro atoms. The maximum atomic E-state index is 12.3. The van der Waals surface area contributed by atoms with Crippen molar-refractivity contribution in [3.05, 3.63) is 23.7 Å². The molecule has 166 valence electrons. The fourth-order valence-electron chi connectivity index (χ4n) is 4.07. The smallest absolute Gasteiger partial charge is 0.303 e. The van der Waals surface area contributed by atoms with Crippen LogP contribution in [0.5, 0.6) is 0 Å². The summed E-state index contributed by atoms with van der Waals surface area (Å²) in [7, 11) is 0. The molecule has 0 atom stereocenters. The summed E-state index contributed by atoms with van der Waals surface area (Å²) in [5.74, 6) is 0.404. The Morgan fingerprint density at radius 1 is 1.16 bits per heavy atom. The second kappa shape index (κ2) is 9.42. The molecule has 4 heterocycles. The summed E-state index contributed by atoms with van der Waals surface area (Å²) in [5, 5.41) is 12.8. The minimum Gasteiger partial charge on any atom is -0.481 e. The van der Waals surface area contributed by atoms with E-state index in [1.807, 2.05) is 13.0 Å². The van der Waals surface area contributed by atoms with Gasteiger partial charge in [-0.2, -0.15) is 0 Å². The summed E-state index contributed by atoms with van der Waals surface area (Å²) in [6, 6.07) is 1.88. The van der Waals surface area contributed by atoms with Gasteiger partial charge in [0.05, 0.1) is 36.6 Å². The Kier molecular flexibility index (Phi) is 6.45. The largest absolute Gasteiger partial charge is 0.481 e. The fraction of sp³-hybridized carbons (Fsp3) is 0.571. The predicted molar refractivity (Wildman–Crippen MR) is 111 cm³/mol. The molecule has 0 saturated carbocycles. The number of aliphatic carboxylic acids is 1.